The molecule has 0 saturated carbocycles. The van der Waals surface area contributed by atoms with Crippen LogP contribution < -0.4 is 10.9 Å². The Balaban J connectivity index is 1.59. The van der Waals surface area contributed by atoms with Crippen molar-refractivity contribution in [2.45, 2.75) is 11.1 Å². The highest BCUT2D eigenvalue weighted by Crippen LogP contribution is 2.35. The van der Waals surface area contributed by atoms with Crippen molar-refractivity contribution >= 4 is 62.5 Å². The van der Waals surface area contributed by atoms with Gasteiger partial charge in [0.15, 0.2) is 5.16 Å². The molecule has 0 spiro atoms. The van der Waals surface area contributed by atoms with E-state index >= 15 is 0 Å². The number of H-pyrrole nitrogens is 1. The lowest BCUT2D eigenvalue weighted by molar-refractivity contribution is -0.113. The average Bonchev–Trinajstić information content (AvgIpc) is 2.83. The zero-order valence-corrected chi connectivity index (χ0v) is 21.9. The summed E-state index contributed by atoms with van der Waals surface area (Å²) in [5.41, 5.74) is 1.70. The van der Waals surface area contributed by atoms with E-state index in [4.69, 9.17) is 23.2 Å². The maximum atomic E-state index is 13.1. The van der Waals surface area contributed by atoms with E-state index in [2.05, 4.69) is 31.2 Å². The highest BCUT2D eigenvalue weighted by molar-refractivity contribution is 9.10. The Labute approximate surface area is 223 Å². The van der Waals surface area contributed by atoms with Gasteiger partial charge in [-0.05, 0) is 59.7 Å². The summed E-state index contributed by atoms with van der Waals surface area (Å²) < 4.78 is 0.901. The summed E-state index contributed by atoms with van der Waals surface area (Å²) in [5.74, 6) is -1.31. The molecule has 0 bridgehead atoms. The molecule has 6 nitrogen and oxygen atoms in total. The van der Waals surface area contributed by atoms with Crippen LogP contribution in [0.25, 0.3) is 0 Å². The van der Waals surface area contributed by atoms with Gasteiger partial charge in [-0.1, -0.05) is 75.2 Å². The molecule has 35 heavy (non-hydrogen) atoms. The topological polar surface area (TPSA) is 95.1 Å². The van der Waals surface area contributed by atoms with Gasteiger partial charge in [0.1, 0.15) is 0 Å². The van der Waals surface area contributed by atoms with E-state index in [1.165, 1.54) is 0 Å². The highest BCUT2D eigenvalue weighted by atomic mass is 79.9. The lowest BCUT2D eigenvalue weighted by Crippen LogP contribution is -2.21. The maximum Gasteiger partial charge on any atom is 0.259 e. The summed E-state index contributed by atoms with van der Waals surface area (Å²) >= 11 is 16.4. The SMILES string of the molecule is O=C(CSc1nc(O)c(C(c2ccc(Cl)cc2)c2ccc(Cl)cc2)c(=O)[nH]1)Nc1ccc(Br)cc1. The molecule has 3 aromatic carbocycles. The minimum absolute atomic E-state index is 0.00438. The molecule has 178 valence electrons. The van der Waals surface area contributed by atoms with Crippen molar-refractivity contribution in [1.29, 1.82) is 0 Å². The van der Waals surface area contributed by atoms with Crippen molar-refractivity contribution in [2.24, 2.45) is 0 Å². The summed E-state index contributed by atoms with van der Waals surface area (Å²) in [6, 6.07) is 21.2. The van der Waals surface area contributed by atoms with Gasteiger partial charge in [0.05, 0.1) is 11.3 Å². The third kappa shape index (κ3) is 6.46. The predicted octanol–water partition coefficient (Wildman–Crippen LogP) is 6.46. The fraction of sp³-hybridized carbons (Fsp3) is 0.0800. The lowest BCUT2D eigenvalue weighted by atomic mass is 9.86. The minimum Gasteiger partial charge on any atom is -0.493 e. The molecule has 0 radical (unpaired) electrons. The van der Waals surface area contributed by atoms with Gasteiger partial charge in [0.25, 0.3) is 5.56 Å². The number of aromatic amines is 1. The lowest BCUT2D eigenvalue weighted by Gasteiger charge is -2.19. The Morgan fingerprint density at radius 3 is 2.03 bits per heavy atom. The van der Waals surface area contributed by atoms with Gasteiger partial charge in [-0.3, -0.25) is 9.59 Å². The van der Waals surface area contributed by atoms with Crippen molar-refractivity contribution in [2.75, 3.05) is 11.1 Å². The number of nitrogens with one attached hydrogen (secondary N) is 2. The van der Waals surface area contributed by atoms with Crippen LogP contribution in [-0.4, -0.2) is 26.7 Å². The van der Waals surface area contributed by atoms with Crippen LogP contribution in [0.2, 0.25) is 10.0 Å². The van der Waals surface area contributed by atoms with Gasteiger partial charge in [0, 0.05) is 26.1 Å². The van der Waals surface area contributed by atoms with Crippen molar-refractivity contribution in [1.82, 2.24) is 9.97 Å². The molecule has 1 heterocycles. The third-order valence-corrected chi connectivity index (χ3v) is 6.98. The Morgan fingerprint density at radius 1 is 0.971 bits per heavy atom. The fourth-order valence-corrected chi connectivity index (χ4v) is 4.65. The zero-order valence-electron chi connectivity index (χ0n) is 18.0. The van der Waals surface area contributed by atoms with Gasteiger partial charge < -0.3 is 15.4 Å². The standard InChI is InChI=1S/C25H18BrCl2N3O3S/c26-16-5-11-19(12-6-16)29-20(32)13-35-25-30-23(33)22(24(34)31-25)21(14-1-7-17(27)8-2-14)15-3-9-18(28)10-4-15/h1-12,21H,13H2,(H,29,32)(H2,30,31,33,34). The Kier molecular flexibility index (Phi) is 8.18. The van der Waals surface area contributed by atoms with E-state index in [9.17, 15) is 14.7 Å². The second kappa shape index (κ2) is 11.3. The Morgan fingerprint density at radius 2 is 1.51 bits per heavy atom. The average molecular weight is 591 g/mol. The number of carbonyl (C=O) groups is 1. The summed E-state index contributed by atoms with van der Waals surface area (Å²) in [6.07, 6.45) is 0. The molecule has 0 atom stereocenters. The second-order valence-corrected chi connectivity index (χ2v) is 10.2. The summed E-state index contributed by atoms with van der Waals surface area (Å²) in [6.45, 7) is 0. The molecule has 0 fully saturated rings. The third-order valence-electron chi connectivity index (χ3n) is 5.08. The van der Waals surface area contributed by atoms with Crippen LogP contribution in [0.1, 0.15) is 22.6 Å². The molecule has 0 aliphatic carbocycles. The number of carbonyl (C=O) groups excluding carboxylic acids is 1. The number of hydrogen-bond donors (Lipinski definition) is 3. The molecule has 4 aromatic rings. The van der Waals surface area contributed by atoms with E-state index < -0.39 is 17.4 Å². The number of nitrogens with zero attached hydrogens (tertiary/aromatic N) is 1. The molecule has 1 aromatic heterocycles. The van der Waals surface area contributed by atoms with Gasteiger partial charge in [0.2, 0.25) is 11.8 Å². The number of anilines is 1. The van der Waals surface area contributed by atoms with E-state index in [0.717, 1.165) is 27.4 Å². The number of halogens is 3. The van der Waals surface area contributed by atoms with Crippen LogP contribution >= 0.6 is 50.9 Å². The molecule has 10 heteroatoms. The molecule has 1 amide bonds. The van der Waals surface area contributed by atoms with Crippen LogP contribution in [0, 0.1) is 0 Å². The first-order valence-corrected chi connectivity index (χ1v) is 12.9. The van der Waals surface area contributed by atoms with Gasteiger partial charge >= 0.3 is 0 Å². The number of aromatic hydroxyl groups is 1. The number of hydrogen-bond acceptors (Lipinski definition) is 5. The van der Waals surface area contributed by atoms with Crippen LogP contribution in [0.4, 0.5) is 5.69 Å². The van der Waals surface area contributed by atoms with E-state index in [1.807, 2.05) is 12.1 Å². The summed E-state index contributed by atoms with van der Waals surface area (Å²) in [5, 5.41) is 14.8. The molecule has 0 unspecified atom stereocenters. The molecule has 3 N–H and O–H groups in total. The van der Waals surface area contributed by atoms with Crippen molar-refractivity contribution < 1.29 is 9.90 Å². The molecule has 0 aliphatic rings. The molecular formula is C25H18BrCl2N3O3S. The van der Waals surface area contributed by atoms with Crippen molar-refractivity contribution in [3.05, 3.63) is 114 Å². The maximum absolute atomic E-state index is 13.1. The fourth-order valence-electron chi connectivity index (χ4n) is 3.48. The smallest absolute Gasteiger partial charge is 0.259 e. The minimum atomic E-state index is -0.611. The second-order valence-electron chi connectivity index (χ2n) is 7.49. The van der Waals surface area contributed by atoms with E-state index in [1.54, 1.807) is 60.7 Å². The first-order valence-electron chi connectivity index (χ1n) is 10.3. The number of benzene rings is 3. The largest absolute Gasteiger partial charge is 0.493 e. The van der Waals surface area contributed by atoms with Crippen molar-refractivity contribution in [3.8, 4) is 5.88 Å². The first-order chi connectivity index (χ1) is 16.8. The number of aromatic nitrogens is 2. The van der Waals surface area contributed by atoms with Crippen LogP contribution in [0.3, 0.4) is 0 Å². The van der Waals surface area contributed by atoms with Gasteiger partial charge in [-0.15, -0.1) is 0 Å². The number of amides is 1. The number of rotatable bonds is 7. The van der Waals surface area contributed by atoms with Crippen molar-refractivity contribution in [3.63, 3.8) is 0 Å². The summed E-state index contributed by atoms with van der Waals surface area (Å²) in [4.78, 5) is 32.3. The Bertz CT molecular complexity index is 1350. The molecule has 4 rings (SSSR count). The van der Waals surface area contributed by atoms with E-state index in [-0.39, 0.29) is 22.4 Å². The predicted molar refractivity (Wildman–Crippen MR) is 144 cm³/mol. The molecular weight excluding hydrogens is 573 g/mol. The van der Waals surface area contributed by atoms with E-state index in [0.29, 0.717) is 15.7 Å². The van der Waals surface area contributed by atoms with Crippen LogP contribution in [-0.2, 0) is 4.79 Å². The number of thioether (sulfide) groups is 1. The van der Waals surface area contributed by atoms with Gasteiger partial charge in [-0.25, -0.2) is 0 Å². The molecule has 0 aliphatic heterocycles. The first kappa shape index (κ1) is 25.3. The zero-order chi connectivity index (χ0) is 24.9. The summed E-state index contributed by atoms with van der Waals surface area (Å²) in [7, 11) is 0. The normalized spacial score (nSPS) is 11.0. The molecule has 0 saturated heterocycles. The highest BCUT2D eigenvalue weighted by Gasteiger charge is 2.25. The Hall–Kier alpha value is -2.78. The monoisotopic (exact) mass is 589 g/mol. The van der Waals surface area contributed by atoms with Gasteiger partial charge in [-0.2, -0.15) is 4.98 Å². The van der Waals surface area contributed by atoms with Crippen LogP contribution in [0.5, 0.6) is 5.88 Å². The quantitative estimate of drug-likeness (QED) is 0.170. The van der Waals surface area contributed by atoms with Crippen LogP contribution in [0.15, 0.2) is 87.2 Å².